The van der Waals surface area contributed by atoms with Gasteiger partial charge in [-0.3, -0.25) is 4.79 Å². The highest BCUT2D eigenvalue weighted by atomic mass is 32.1. The topological polar surface area (TPSA) is 20.3 Å². The molecule has 1 saturated heterocycles. The predicted molar refractivity (Wildman–Crippen MR) is 72.7 cm³/mol. The third-order valence-electron chi connectivity index (χ3n) is 3.24. The van der Waals surface area contributed by atoms with Crippen LogP contribution in [0.5, 0.6) is 0 Å². The highest BCUT2D eigenvalue weighted by molar-refractivity contribution is 7.80. The number of nitrogens with zero attached hydrogens (tertiary/aromatic N) is 1. The predicted octanol–water partition coefficient (Wildman–Crippen LogP) is 3.38. The molecule has 0 unspecified atom stereocenters. The summed E-state index contributed by atoms with van der Waals surface area (Å²) < 4.78 is 0. The minimum absolute atomic E-state index is 0.155. The van der Waals surface area contributed by atoms with Crippen LogP contribution in [-0.2, 0) is 0 Å². The third kappa shape index (κ3) is 3.50. The second-order valence-corrected chi connectivity index (χ2v) is 5.13. The first-order valence-electron chi connectivity index (χ1n) is 6.36. The van der Waals surface area contributed by atoms with Gasteiger partial charge in [0.2, 0.25) is 0 Å². The molecule has 0 atom stereocenters. The quantitative estimate of drug-likeness (QED) is 0.757. The van der Waals surface area contributed by atoms with E-state index in [0.29, 0.717) is 0 Å². The average molecular weight is 249 g/mol. The summed E-state index contributed by atoms with van der Waals surface area (Å²) in [5.41, 5.74) is 0.762. The molecule has 2 nitrogen and oxygen atoms in total. The van der Waals surface area contributed by atoms with Crippen LogP contribution in [-0.4, -0.2) is 23.9 Å². The molecule has 1 aromatic rings. The van der Waals surface area contributed by atoms with Gasteiger partial charge >= 0.3 is 0 Å². The van der Waals surface area contributed by atoms with Crippen LogP contribution in [0.1, 0.15) is 42.5 Å². The lowest BCUT2D eigenvalue weighted by atomic mass is 10.1. The Morgan fingerprint density at radius 3 is 2.35 bits per heavy atom. The summed E-state index contributed by atoms with van der Waals surface area (Å²) in [6.07, 6.45) is 6.07. The average Bonchev–Trinajstić information content (AvgIpc) is 2.28. The molecule has 1 aliphatic heterocycles. The molecule has 17 heavy (non-hydrogen) atoms. The molecule has 2 rings (SSSR count). The number of rotatable bonds is 1. The molecule has 1 fully saturated rings. The van der Waals surface area contributed by atoms with Gasteiger partial charge in [-0.05, 0) is 31.0 Å². The van der Waals surface area contributed by atoms with Crippen LogP contribution >= 0.6 is 12.6 Å². The molecule has 0 radical (unpaired) electrons. The van der Waals surface area contributed by atoms with E-state index in [1.165, 1.54) is 19.3 Å². The maximum absolute atomic E-state index is 12.3. The number of hydrogen-bond donors (Lipinski definition) is 1. The fourth-order valence-electron chi connectivity index (χ4n) is 2.27. The van der Waals surface area contributed by atoms with Gasteiger partial charge < -0.3 is 4.90 Å². The molecule has 3 heteroatoms. The van der Waals surface area contributed by atoms with Gasteiger partial charge in [0.05, 0.1) is 0 Å². The Hall–Kier alpha value is -0.960. The van der Waals surface area contributed by atoms with Crippen LogP contribution in [0.15, 0.2) is 29.2 Å². The zero-order valence-corrected chi connectivity index (χ0v) is 11.0. The number of carbonyl (C=O) groups is 1. The molecule has 92 valence electrons. The lowest BCUT2D eigenvalue weighted by Crippen LogP contribution is -2.33. The van der Waals surface area contributed by atoms with Gasteiger partial charge in [-0.15, -0.1) is 12.6 Å². The Labute approximate surface area is 108 Å². The van der Waals surface area contributed by atoms with Crippen molar-refractivity contribution in [2.45, 2.75) is 37.0 Å². The number of amides is 1. The van der Waals surface area contributed by atoms with Crippen molar-refractivity contribution in [2.75, 3.05) is 13.1 Å². The van der Waals surface area contributed by atoms with Gasteiger partial charge in [-0.25, -0.2) is 0 Å². The van der Waals surface area contributed by atoms with Crippen molar-refractivity contribution in [3.8, 4) is 0 Å². The molecule has 0 aliphatic carbocycles. The van der Waals surface area contributed by atoms with Gasteiger partial charge in [-0.1, -0.05) is 25.3 Å². The van der Waals surface area contributed by atoms with Crippen molar-refractivity contribution in [1.29, 1.82) is 0 Å². The van der Waals surface area contributed by atoms with Crippen LogP contribution in [0.25, 0.3) is 0 Å². The first-order valence-corrected chi connectivity index (χ1v) is 6.80. The molecule has 1 heterocycles. The van der Waals surface area contributed by atoms with Crippen molar-refractivity contribution in [1.82, 2.24) is 4.90 Å². The van der Waals surface area contributed by atoms with Gasteiger partial charge in [0.15, 0.2) is 0 Å². The first kappa shape index (κ1) is 12.5. The van der Waals surface area contributed by atoms with Crippen molar-refractivity contribution in [2.24, 2.45) is 0 Å². The van der Waals surface area contributed by atoms with E-state index in [-0.39, 0.29) is 5.91 Å². The number of thiol groups is 1. The van der Waals surface area contributed by atoms with E-state index in [1.807, 2.05) is 29.2 Å². The SMILES string of the molecule is O=C(c1cccc(S)c1)N1CCCCCCC1. The number of hydrogen-bond acceptors (Lipinski definition) is 2. The number of carbonyl (C=O) groups excluding carboxylic acids is 1. The highest BCUT2D eigenvalue weighted by Crippen LogP contribution is 2.15. The Kier molecular flexibility index (Phi) is 4.49. The van der Waals surface area contributed by atoms with Crippen LogP contribution in [0.3, 0.4) is 0 Å². The summed E-state index contributed by atoms with van der Waals surface area (Å²) >= 11 is 4.28. The van der Waals surface area contributed by atoms with Gasteiger partial charge in [-0.2, -0.15) is 0 Å². The molecule has 1 amide bonds. The zero-order chi connectivity index (χ0) is 12.1. The smallest absolute Gasteiger partial charge is 0.253 e. The summed E-state index contributed by atoms with van der Waals surface area (Å²) in [5, 5.41) is 0. The largest absolute Gasteiger partial charge is 0.339 e. The summed E-state index contributed by atoms with van der Waals surface area (Å²) in [5.74, 6) is 0.155. The van der Waals surface area contributed by atoms with E-state index in [4.69, 9.17) is 0 Å². The number of likely N-dealkylation sites (tertiary alicyclic amines) is 1. The second kappa shape index (κ2) is 6.10. The standard InChI is InChI=1S/C14H19NOS/c16-14(12-7-6-8-13(17)11-12)15-9-4-2-1-3-5-10-15/h6-8,11,17H,1-5,9-10H2. The minimum atomic E-state index is 0.155. The van der Waals surface area contributed by atoms with Crippen molar-refractivity contribution in [3.05, 3.63) is 29.8 Å². The Bertz CT molecular complexity index is 384. The Morgan fingerprint density at radius 2 is 1.71 bits per heavy atom. The van der Waals surface area contributed by atoms with Crippen molar-refractivity contribution < 1.29 is 4.79 Å². The van der Waals surface area contributed by atoms with Gasteiger partial charge in [0.1, 0.15) is 0 Å². The fraction of sp³-hybridized carbons (Fsp3) is 0.500. The molecular formula is C14H19NOS. The molecule has 0 N–H and O–H groups in total. The molecular weight excluding hydrogens is 230 g/mol. The van der Waals surface area contributed by atoms with E-state index >= 15 is 0 Å². The monoisotopic (exact) mass is 249 g/mol. The van der Waals surface area contributed by atoms with E-state index in [9.17, 15) is 4.79 Å². The van der Waals surface area contributed by atoms with Crippen molar-refractivity contribution in [3.63, 3.8) is 0 Å². The normalized spacial score (nSPS) is 17.4. The second-order valence-electron chi connectivity index (χ2n) is 4.61. The summed E-state index contributed by atoms with van der Waals surface area (Å²) in [4.78, 5) is 15.1. The lowest BCUT2D eigenvalue weighted by molar-refractivity contribution is 0.0742. The summed E-state index contributed by atoms with van der Waals surface area (Å²) in [7, 11) is 0. The summed E-state index contributed by atoms with van der Waals surface area (Å²) in [6, 6.07) is 7.51. The molecule has 1 aromatic carbocycles. The molecule has 0 spiro atoms. The molecule has 1 aliphatic rings. The lowest BCUT2D eigenvalue weighted by Gasteiger charge is -2.24. The van der Waals surface area contributed by atoms with Crippen LogP contribution in [0.4, 0.5) is 0 Å². The van der Waals surface area contributed by atoms with E-state index in [1.54, 1.807) is 0 Å². The highest BCUT2D eigenvalue weighted by Gasteiger charge is 2.16. The maximum atomic E-state index is 12.3. The summed E-state index contributed by atoms with van der Waals surface area (Å²) in [6.45, 7) is 1.80. The Morgan fingerprint density at radius 1 is 1.06 bits per heavy atom. The van der Waals surface area contributed by atoms with Crippen LogP contribution < -0.4 is 0 Å². The Balaban J connectivity index is 2.07. The minimum Gasteiger partial charge on any atom is -0.339 e. The zero-order valence-electron chi connectivity index (χ0n) is 10.1. The van der Waals surface area contributed by atoms with Crippen molar-refractivity contribution >= 4 is 18.5 Å². The maximum Gasteiger partial charge on any atom is 0.253 e. The van der Waals surface area contributed by atoms with E-state index in [0.717, 1.165) is 36.4 Å². The van der Waals surface area contributed by atoms with Gasteiger partial charge in [0.25, 0.3) is 5.91 Å². The van der Waals surface area contributed by atoms with E-state index < -0.39 is 0 Å². The van der Waals surface area contributed by atoms with Gasteiger partial charge in [0, 0.05) is 23.5 Å². The first-order chi connectivity index (χ1) is 8.27. The third-order valence-corrected chi connectivity index (χ3v) is 3.51. The van der Waals surface area contributed by atoms with E-state index in [2.05, 4.69) is 12.6 Å². The number of benzene rings is 1. The molecule has 0 saturated carbocycles. The van der Waals surface area contributed by atoms with Crippen LogP contribution in [0.2, 0.25) is 0 Å². The fourth-order valence-corrected chi connectivity index (χ4v) is 2.50. The van der Waals surface area contributed by atoms with Crippen LogP contribution in [0, 0.1) is 0 Å². The molecule has 0 bridgehead atoms. The molecule has 0 aromatic heterocycles.